The third-order valence-corrected chi connectivity index (χ3v) is 2.64. The molecule has 0 aliphatic heterocycles. The summed E-state index contributed by atoms with van der Waals surface area (Å²) >= 11 is 5.68. The fraction of sp³-hybridized carbons (Fsp3) is 0.500. The maximum atomic E-state index is 13.5. The maximum Gasteiger partial charge on any atom is 0.144 e. The number of aliphatic hydroxyl groups excluding tert-OH is 1. The molecule has 0 bridgehead atoms. The molecule has 1 nitrogen and oxygen atoms in total. The van der Waals surface area contributed by atoms with Crippen molar-refractivity contribution in [3.05, 3.63) is 34.6 Å². The van der Waals surface area contributed by atoms with Gasteiger partial charge in [-0.25, -0.2) is 4.39 Å². The molecular formula is C12H16ClFO. The molecule has 84 valence electrons. The molecule has 1 N–H and O–H groups in total. The van der Waals surface area contributed by atoms with Gasteiger partial charge >= 0.3 is 0 Å². The summed E-state index contributed by atoms with van der Waals surface area (Å²) in [5, 5.41) is 9.37. The minimum atomic E-state index is -0.345. The van der Waals surface area contributed by atoms with Gasteiger partial charge in [-0.05, 0) is 37.3 Å². The van der Waals surface area contributed by atoms with Crippen LogP contribution in [0.3, 0.4) is 0 Å². The lowest BCUT2D eigenvalue weighted by Gasteiger charge is -2.14. The molecule has 0 amide bonds. The molecular weight excluding hydrogens is 215 g/mol. The molecule has 1 aromatic carbocycles. The van der Waals surface area contributed by atoms with E-state index in [0.29, 0.717) is 18.4 Å². The summed E-state index contributed by atoms with van der Waals surface area (Å²) in [5.41, 5.74) is 0.621. The third-order valence-electron chi connectivity index (χ3n) is 2.34. The molecule has 0 aliphatic carbocycles. The van der Waals surface area contributed by atoms with Crippen molar-refractivity contribution in [1.29, 1.82) is 0 Å². The summed E-state index contributed by atoms with van der Waals surface area (Å²) in [6, 6.07) is 5.02. The number of hydrogen-bond acceptors (Lipinski definition) is 1. The SMILES string of the molecule is CC(O)CC(C)Cc1cccc(Cl)c1F. The Morgan fingerprint density at radius 2 is 2.07 bits per heavy atom. The minimum absolute atomic E-state index is 0.164. The molecule has 0 saturated carbocycles. The second kappa shape index (κ2) is 5.47. The first-order valence-electron chi connectivity index (χ1n) is 5.11. The molecule has 0 aliphatic rings. The van der Waals surface area contributed by atoms with E-state index in [0.717, 1.165) is 0 Å². The number of rotatable bonds is 4. The monoisotopic (exact) mass is 230 g/mol. The summed E-state index contributed by atoms with van der Waals surface area (Å²) in [4.78, 5) is 0. The van der Waals surface area contributed by atoms with E-state index in [-0.39, 0.29) is 22.9 Å². The van der Waals surface area contributed by atoms with Crippen molar-refractivity contribution < 1.29 is 9.50 Å². The molecule has 0 spiro atoms. The van der Waals surface area contributed by atoms with Crippen molar-refractivity contribution in [3.8, 4) is 0 Å². The number of hydrogen-bond donors (Lipinski definition) is 1. The molecule has 0 radical (unpaired) electrons. The van der Waals surface area contributed by atoms with Crippen molar-refractivity contribution in [2.45, 2.75) is 32.8 Å². The van der Waals surface area contributed by atoms with Crippen LogP contribution in [0.1, 0.15) is 25.8 Å². The van der Waals surface area contributed by atoms with E-state index in [1.807, 2.05) is 6.92 Å². The molecule has 2 unspecified atom stereocenters. The van der Waals surface area contributed by atoms with Gasteiger partial charge in [0.05, 0.1) is 11.1 Å². The quantitative estimate of drug-likeness (QED) is 0.840. The van der Waals surface area contributed by atoms with Gasteiger partial charge in [-0.15, -0.1) is 0 Å². The van der Waals surface area contributed by atoms with Crippen LogP contribution in [0, 0.1) is 11.7 Å². The number of aliphatic hydroxyl groups is 1. The third kappa shape index (κ3) is 3.80. The van der Waals surface area contributed by atoms with Gasteiger partial charge < -0.3 is 5.11 Å². The number of halogens is 2. The Hall–Kier alpha value is -0.600. The van der Waals surface area contributed by atoms with Gasteiger partial charge in [0.25, 0.3) is 0 Å². The minimum Gasteiger partial charge on any atom is -0.393 e. The van der Waals surface area contributed by atoms with Gasteiger partial charge in [0.15, 0.2) is 0 Å². The smallest absolute Gasteiger partial charge is 0.144 e. The molecule has 1 aromatic rings. The first-order chi connectivity index (χ1) is 7.00. The zero-order valence-corrected chi connectivity index (χ0v) is 9.76. The first-order valence-corrected chi connectivity index (χ1v) is 5.49. The molecule has 0 saturated heterocycles. The lowest BCUT2D eigenvalue weighted by molar-refractivity contribution is 0.164. The van der Waals surface area contributed by atoms with Crippen LogP contribution in [0.4, 0.5) is 4.39 Å². The Labute approximate surface area is 94.9 Å². The van der Waals surface area contributed by atoms with E-state index in [4.69, 9.17) is 11.6 Å². The predicted molar refractivity (Wildman–Crippen MR) is 60.6 cm³/mol. The summed E-state index contributed by atoms with van der Waals surface area (Å²) in [6.45, 7) is 3.73. The standard InChI is InChI=1S/C12H16ClFO/c1-8(6-9(2)15)7-10-4-3-5-11(13)12(10)14/h3-5,8-9,15H,6-7H2,1-2H3. The molecule has 0 fully saturated rings. The highest BCUT2D eigenvalue weighted by Crippen LogP contribution is 2.21. The summed E-state index contributed by atoms with van der Waals surface area (Å²) in [7, 11) is 0. The summed E-state index contributed by atoms with van der Waals surface area (Å²) in [6.07, 6.45) is 0.936. The highest BCUT2D eigenvalue weighted by Gasteiger charge is 2.11. The average Bonchev–Trinajstić information content (AvgIpc) is 2.11. The van der Waals surface area contributed by atoms with Crippen molar-refractivity contribution in [2.75, 3.05) is 0 Å². The molecule has 3 heteroatoms. The van der Waals surface area contributed by atoms with Crippen molar-refractivity contribution >= 4 is 11.6 Å². The van der Waals surface area contributed by atoms with Gasteiger partial charge in [0.1, 0.15) is 5.82 Å². The summed E-state index contributed by atoms with van der Waals surface area (Å²) < 4.78 is 13.5. The number of benzene rings is 1. The second-order valence-corrected chi connectivity index (χ2v) is 4.51. The highest BCUT2D eigenvalue weighted by molar-refractivity contribution is 6.30. The molecule has 0 heterocycles. The molecule has 1 rings (SSSR count). The zero-order valence-electron chi connectivity index (χ0n) is 9.00. The van der Waals surface area contributed by atoms with Crippen LogP contribution in [0.2, 0.25) is 5.02 Å². The Morgan fingerprint density at radius 1 is 1.40 bits per heavy atom. The van der Waals surface area contributed by atoms with Crippen molar-refractivity contribution in [3.63, 3.8) is 0 Å². The van der Waals surface area contributed by atoms with Gasteiger partial charge in [-0.2, -0.15) is 0 Å². The topological polar surface area (TPSA) is 20.2 Å². The van der Waals surface area contributed by atoms with Gasteiger partial charge in [-0.3, -0.25) is 0 Å². The average molecular weight is 231 g/mol. The largest absolute Gasteiger partial charge is 0.393 e. The fourth-order valence-electron chi connectivity index (χ4n) is 1.75. The molecule has 15 heavy (non-hydrogen) atoms. The highest BCUT2D eigenvalue weighted by atomic mass is 35.5. The normalized spacial score (nSPS) is 15.0. The maximum absolute atomic E-state index is 13.5. The lowest BCUT2D eigenvalue weighted by atomic mass is 9.96. The van der Waals surface area contributed by atoms with E-state index >= 15 is 0 Å². The van der Waals surface area contributed by atoms with Crippen molar-refractivity contribution in [2.24, 2.45) is 5.92 Å². The van der Waals surface area contributed by atoms with Crippen LogP contribution < -0.4 is 0 Å². The first kappa shape index (κ1) is 12.5. The van der Waals surface area contributed by atoms with E-state index in [9.17, 15) is 9.50 Å². The Balaban J connectivity index is 2.68. The predicted octanol–water partition coefficient (Wildman–Crippen LogP) is 3.43. The van der Waals surface area contributed by atoms with Crippen LogP contribution in [0.5, 0.6) is 0 Å². The second-order valence-electron chi connectivity index (χ2n) is 4.11. The Kier molecular flexibility index (Phi) is 4.55. The Morgan fingerprint density at radius 3 is 2.67 bits per heavy atom. The van der Waals surface area contributed by atoms with Crippen LogP contribution in [0.15, 0.2) is 18.2 Å². The Bertz CT molecular complexity index is 325. The van der Waals surface area contributed by atoms with Gasteiger partial charge in [-0.1, -0.05) is 30.7 Å². The van der Waals surface area contributed by atoms with E-state index in [2.05, 4.69) is 0 Å². The van der Waals surface area contributed by atoms with Crippen LogP contribution in [0.25, 0.3) is 0 Å². The van der Waals surface area contributed by atoms with E-state index < -0.39 is 0 Å². The molecule has 0 aromatic heterocycles. The van der Waals surface area contributed by atoms with Crippen LogP contribution in [-0.2, 0) is 6.42 Å². The summed E-state index contributed by atoms with van der Waals surface area (Å²) in [5.74, 6) is -0.0884. The van der Waals surface area contributed by atoms with E-state index in [1.165, 1.54) is 0 Å². The zero-order chi connectivity index (χ0) is 11.4. The fourth-order valence-corrected chi connectivity index (χ4v) is 1.94. The van der Waals surface area contributed by atoms with Crippen LogP contribution in [-0.4, -0.2) is 11.2 Å². The molecule has 2 atom stereocenters. The van der Waals surface area contributed by atoms with Crippen LogP contribution >= 0.6 is 11.6 Å². The lowest BCUT2D eigenvalue weighted by Crippen LogP contribution is -2.10. The van der Waals surface area contributed by atoms with Gasteiger partial charge in [0, 0.05) is 0 Å². The van der Waals surface area contributed by atoms with Crippen molar-refractivity contribution in [1.82, 2.24) is 0 Å². The van der Waals surface area contributed by atoms with E-state index in [1.54, 1.807) is 25.1 Å². The van der Waals surface area contributed by atoms with Gasteiger partial charge in [0.2, 0.25) is 0 Å².